The molecule has 9 nitrogen and oxygen atoms in total. The van der Waals surface area contributed by atoms with Crippen LogP contribution in [-0.4, -0.2) is 82.3 Å². The lowest BCUT2D eigenvalue weighted by atomic mass is 9.90. The molecule has 0 bridgehead atoms. The second-order valence-electron chi connectivity index (χ2n) is 9.70. The van der Waals surface area contributed by atoms with E-state index in [0.717, 1.165) is 0 Å². The Morgan fingerprint density at radius 2 is 1.67 bits per heavy atom. The Morgan fingerprint density at radius 1 is 1.12 bits per heavy atom. The van der Waals surface area contributed by atoms with Gasteiger partial charge in [-0.2, -0.15) is 0 Å². The number of carbonyl (C=O) groups excluding carboxylic acids is 3. The second kappa shape index (κ2) is 12.3. The van der Waals surface area contributed by atoms with Crippen molar-refractivity contribution >= 4 is 17.7 Å². The minimum absolute atomic E-state index is 0.00696. The van der Waals surface area contributed by atoms with E-state index in [1.165, 1.54) is 30.5 Å². The predicted octanol–water partition coefficient (Wildman–Crippen LogP) is 2.17. The van der Waals surface area contributed by atoms with Crippen LogP contribution in [0.5, 0.6) is 0 Å². The zero-order chi connectivity index (χ0) is 25.5. The van der Waals surface area contributed by atoms with Crippen molar-refractivity contribution in [2.75, 3.05) is 21.2 Å². The van der Waals surface area contributed by atoms with Gasteiger partial charge in [-0.1, -0.05) is 34.1 Å². The number of nitrogens with zero attached hydrogens (tertiary/aromatic N) is 3. The Hall–Kier alpha value is -2.23. The predicted molar refractivity (Wildman–Crippen MR) is 127 cm³/mol. The fraction of sp³-hybridized carbons (Fsp3) is 0.708. The smallest absolute Gasteiger partial charge is 0.272 e. The van der Waals surface area contributed by atoms with Crippen LogP contribution in [0, 0.1) is 11.8 Å². The van der Waals surface area contributed by atoms with Gasteiger partial charge >= 0.3 is 0 Å². The lowest BCUT2D eigenvalue weighted by molar-refractivity contribution is -0.165. The van der Waals surface area contributed by atoms with E-state index in [1.54, 1.807) is 43.5 Å². The summed E-state index contributed by atoms with van der Waals surface area (Å²) in [7, 11) is 5.08. The van der Waals surface area contributed by atoms with Crippen LogP contribution in [-0.2, 0) is 14.3 Å². The highest BCUT2D eigenvalue weighted by molar-refractivity contribution is 5.89. The van der Waals surface area contributed by atoms with Crippen molar-refractivity contribution in [2.24, 2.45) is 11.8 Å². The summed E-state index contributed by atoms with van der Waals surface area (Å²) in [6, 6.07) is 2.33. The molecule has 0 aliphatic carbocycles. The summed E-state index contributed by atoms with van der Waals surface area (Å²) < 4.78 is 7.17. The van der Waals surface area contributed by atoms with Crippen molar-refractivity contribution in [3.8, 4) is 0 Å². The molecule has 2 N–H and O–H groups in total. The first kappa shape index (κ1) is 28.8. The van der Waals surface area contributed by atoms with Gasteiger partial charge in [-0.25, -0.2) is 5.01 Å². The fourth-order valence-corrected chi connectivity index (χ4v) is 4.02. The van der Waals surface area contributed by atoms with E-state index >= 15 is 0 Å². The topological polar surface area (TPSA) is 104 Å². The van der Waals surface area contributed by atoms with Crippen molar-refractivity contribution in [1.82, 2.24) is 19.9 Å². The number of aromatic nitrogens is 1. The third-order valence-electron chi connectivity index (χ3n) is 5.91. The largest absolute Gasteiger partial charge is 0.381 e. The molecule has 0 unspecified atom stereocenters. The van der Waals surface area contributed by atoms with Crippen molar-refractivity contribution < 1.29 is 24.2 Å². The number of likely N-dealkylation sites (N-methyl/N-ethyl adjacent to an activating group) is 1. The van der Waals surface area contributed by atoms with Gasteiger partial charge in [-0.3, -0.25) is 29.3 Å². The first-order chi connectivity index (χ1) is 15.3. The summed E-state index contributed by atoms with van der Waals surface area (Å²) in [5.74, 6) is -1.40. The number of aliphatic hydroxyl groups is 1. The number of ether oxygens (including phenoxy) is 1. The molecule has 2 amide bonds. The molecule has 0 aromatic carbocycles. The van der Waals surface area contributed by atoms with E-state index in [1.807, 2.05) is 27.7 Å². The van der Waals surface area contributed by atoms with Gasteiger partial charge in [0.2, 0.25) is 5.91 Å². The van der Waals surface area contributed by atoms with Crippen LogP contribution >= 0.6 is 0 Å². The molecule has 0 fully saturated rings. The van der Waals surface area contributed by atoms with Crippen LogP contribution in [0.15, 0.2) is 24.5 Å². The molecule has 1 heterocycles. The number of carbonyl (C=O) groups is 3. The van der Waals surface area contributed by atoms with Gasteiger partial charge in [0.05, 0.1) is 24.6 Å². The zero-order valence-corrected chi connectivity index (χ0v) is 21.5. The number of nitrogens with one attached hydrogen (secondary N) is 1. The highest BCUT2D eigenvalue weighted by atomic mass is 16.5. The number of rotatable bonds is 11. The third-order valence-corrected chi connectivity index (χ3v) is 5.91. The lowest BCUT2D eigenvalue weighted by Crippen LogP contribution is -2.65. The maximum atomic E-state index is 13.4. The molecular weight excluding hydrogens is 424 g/mol. The maximum Gasteiger partial charge on any atom is 0.272 e. The van der Waals surface area contributed by atoms with Gasteiger partial charge < -0.3 is 9.84 Å². The van der Waals surface area contributed by atoms with Crippen molar-refractivity contribution in [2.45, 2.75) is 78.2 Å². The van der Waals surface area contributed by atoms with Gasteiger partial charge in [0.1, 0.15) is 5.60 Å². The molecule has 33 heavy (non-hydrogen) atoms. The molecule has 0 aliphatic heterocycles. The van der Waals surface area contributed by atoms with Crippen molar-refractivity contribution in [3.05, 3.63) is 24.5 Å². The maximum absolute atomic E-state index is 13.4. The number of amides is 2. The van der Waals surface area contributed by atoms with Gasteiger partial charge in [0.15, 0.2) is 0 Å². The molecule has 0 radical (unpaired) electrons. The molecule has 9 heteroatoms. The zero-order valence-electron chi connectivity index (χ0n) is 21.5. The average Bonchev–Trinajstić information content (AvgIpc) is 3.25. The minimum atomic E-state index is -1.74. The van der Waals surface area contributed by atoms with E-state index in [4.69, 9.17) is 4.74 Å². The molecule has 188 valence electrons. The monoisotopic (exact) mass is 466 g/mol. The minimum Gasteiger partial charge on any atom is -0.381 e. The molecule has 0 saturated heterocycles. The first-order valence-electron chi connectivity index (χ1n) is 11.5. The van der Waals surface area contributed by atoms with Gasteiger partial charge in [0, 0.05) is 19.5 Å². The normalized spacial score (nSPS) is 15.8. The number of hydrogen-bond acceptors (Lipinski definition) is 6. The highest BCUT2D eigenvalue weighted by Crippen LogP contribution is 2.25. The second-order valence-corrected chi connectivity index (χ2v) is 9.70. The van der Waals surface area contributed by atoms with Crippen molar-refractivity contribution in [3.63, 3.8) is 0 Å². The lowest BCUT2D eigenvalue weighted by Gasteiger charge is -2.42. The molecule has 1 rings (SSSR count). The standard InChI is InChI=1S/C24H42N4O5/c1-10-17(4)21(18(33-9)15-19(29)27-13-11-12-14-27)28(23(31)24(5,6)32)25-22(30)20(16(2)3)26(7)8/h11-14,16-18,20-21,32H,10,15H2,1-9H3,(H,25,30)/t17-,18+,20-,21-/m0/s1. The quantitative estimate of drug-likeness (QED) is 0.485. The summed E-state index contributed by atoms with van der Waals surface area (Å²) in [6.45, 7) is 10.5. The third kappa shape index (κ3) is 7.65. The average molecular weight is 467 g/mol. The summed E-state index contributed by atoms with van der Waals surface area (Å²) in [6.07, 6.45) is 3.25. The molecule has 0 aliphatic rings. The Balaban J connectivity index is 3.43. The molecule has 1 aromatic rings. The Morgan fingerprint density at radius 3 is 2.06 bits per heavy atom. The van der Waals surface area contributed by atoms with Gasteiger partial charge in [-0.05, 0) is 51.9 Å². The Kier molecular flexibility index (Phi) is 10.7. The summed E-state index contributed by atoms with van der Waals surface area (Å²) in [5.41, 5.74) is 1.03. The van der Waals surface area contributed by atoms with Crippen LogP contribution < -0.4 is 5.43 Å². The number of hydrazine groups is 1. The highest BCUT2D eigenvalue weighted by Gasteiger charge is 2.42. The van der Waals surface area contributed by atoms with E-state index in [-0.39, 0.29) is 30.1 Å². The summed E-state index contributed by atoms with van der Waals surface area (Å²) in [4.78, 5) is 41.2. The Labute approximate surface area is 198 Å². The molecule has 0 saturated carbocycles. The molecular formula is C24H42N4O5. The van der Waals surface area contributed by atoms with Crippen LogP contribution in [0.1, 0.15) is 59.2 Å². The number of hydrogen-bond donors (Lipinski definition) is 2. The van der Waals surface area contributed by atoms with Crippen LogP contribution in [0.2, 0.25) is 0 Å². The van der Waals surface area contributed by atoms with E-state index in [0.29, 0.717) is 6.42 Å². The van der Waals surface area contributed by atoms with Crippen LogP contribution in [0.3, 0.4) is 0 Å². The van der Waals surface area contributed by atoms with E-state index in [9.17, 15) is 19.5 Å². The van der Waals surface area contributed by atoms with Crippen molar-refractivity contribution in [1.29, 1.82) is 0 Å². The van der Waals surface area contributed by atoms with E-state index in [2.05, 4.69) is 5.43 Å². The van der Waals surface area contributed by atoms with Crippen LogP contribution in [0.25, 0.3) is 0 Å². The molecule has 4 atom stereocenters. The summed E-state index contributed by atoms with van der Waals surface area (Å²) in [5, 5.41) is 11.7. The van der Waals surface area contributed by atoms with Crippen LogP contribution in [0.4, 0.5) is 0 Å². The fourth-order valence-electron chi connectivity index (χ4n) is 4.02. The van der Waals surface area contributed by atoms with Gasteiger partial charge in [0.25, 0.3) is 11.8 Å². The molecule has 0 spiro atoms. The van der Waals surface area contributed by atoms with E-state index < -0.39 is 29.7 Å². The molecule has 1 aromatic heterocycles. The SMILES string of the molecule is CC[C@H](C)[C@@H]([C@@H](CC(=O)n1cccc1)OC)N(NC(=O)[C@H](C(C)C)N(C)C)C(=O)C(C)(C)O. The summed E-state index contributed by atoms with van der Waals surface area (Å²) >= 11 is 0. The number of methoxy groups -OCH3 is 1. The first-order valence-corrected chi connectivity index (χ1v) is 11.5. The Bertz CT molecular complexity index is 762. The van der Waals surface area contributed by atoms with Gasteiger partial charge in [-0.15, -0.1) is 0 Å².